The van der Waals surface area contributed by atoms with Crippen LogP contribution in [0.25, 0.3) is 0 Å². The summed E-state index contributed by atoms with van der Waals surface area (Å²) >= 11 is 3.39. The van der Waals surface area contributed by atoms with E-state index in [1.165, 1.54) is 11.4 Å². The van der Waals surface area contributed by atoms with Gasteiger partial charge in [-0.1, -0.05) is 22.9 Å². The minimum atomic E-state index is -3.70. The zero-order valence-corrected chi connectivity index (χ0v) is 23.1. The van der Waals surface area contributed by atoms with E-state index in [0.29, 0.717) is 23.5 Å². The van der Waals surface area contributed by atoms with Crippen LogP contribution in [0.4, 0.5) is 17.1 Å². The van der Waals surface area contributed by atoms with Gasteiger partial charge in [-0.3, -0.25) is 13.9 Å². The molecule has 2 aromatic carbocycles. The second kappa shape index (κ2) is 11.9. The molecular weight excluding hydrogens is 546 g/mol. The van der Waals surface area contributed by atoms with Crippen LogP contribution in [0.5, 0.6) is 0 Å². The number of rotatable bonds is 11. The standard InChI is InChI=1S/C25H32BrN5O4S/c1-4-12-29-23(32)11-13-31(36(3,34)35)22-15-21(27)20(14-19(22)16-5-6-16)24(25(33)28-2)30-18-9-7-17(26)8-10-18/h7-10,14-16H,4-6,11-13,27H2,1-3H3,(H,28,33)(H,29,32). The fourth-order valence-corrected chi connectivity index (χ4v) is 4.98. The molecule has 4 N–H and O–H groups in total. The van der Waals surface area contributed by atoms with E-state index in [1.807, 2.05) is 19.1 Å². The molecule has 1 aliphatic rings. The highest BCUT2D eigenvalue weighted by Gasteiger charge is 2.32. The molecule has 0 bridgehead atoms. The number of aliphatic imine (C=N–C) groups is 1. The van der Waals surface area contributed by atoms with Gasteiger partial charge in [-0.15, -0.1) is 0 Å². The predicted molar refractivity (Wildman–Crippen MR) is 147 cm³/mol. The number of nitrogens with two attached hydrogens (primary N) is 1. The number of likely N-dealkylation sites (N-methyl/N-ethyl adjacent to an activating group) is 1. The van der Waals surface area contributed by atoms with Crippen molar-refractivity contribution in [3.8, 4) is 0 Å². The molecule has 0 radical (unpaired) electrons. The van der Waals surface area contributed by atoms with Gasteiger partial charge in [-0.05, 0) is 67.1 Å². The molecule has 0 heterocycles. The number of nitrogen functional groups attached to an aromatic ring is 1. The van der Waals surface area contributed by atoms with Gasteiger partial charge in [0.05, 0.1) is 17.6 Å². The normalized spacial score (nSPS) is 13.8. The van der Waals surface area contributed by atoms with E-state index in [0.717, 1.165) is 35.6 Å². The summed E-state index contributed by atoms with van der Waals surface area (Å²) < 4.78 is 27.7. The number of amides is 2. The Labute approximate surface area is 220 Å². The van der Waals surface area contributed by atoms with E-state index in [9.17, 15) is 18.0 Å². The molecule has 0 atom stereocenters. The largest absolute Gasteiger partial charge is 0.398 e. The highest BCUT2D eigenvalue weighted by Crippen LogP contribution is 2.46. The molecule has 1 fully saturated rings. The Morgan fingerprint density at radius 3 is 2.42 bits per heavy atom. The minimum absolute atomic E-state index is 0.0117. The fourth-order valence-electron chi connectivity index (χ4n) is 3.78. The molecule has 194 valence electrons. The molecule has 11 heteroatoms. The highest BCUT2D eigenvalue weighted by atomic mass is 79.9. The topological polar surface area (TPSA) is 134 Å². The van der Waals surface area contributed by atoms with E-state index < -0.39 is 15.9 Å². The minimum Gasteiger partial charge on any atom is -0.398 e. The van der Waals surface area contributed by atoms with Crippen LogP contribution in [0.2, 0.25) is 0 Å². The SMILES string of the molecule is CCCNC(=O)CCN(c1cc(N)c(C(=Nc2ccc(Br)cc2)C(=O)NC)cc1C1CC1)S(C)(=O)=O. The number of nitrogens with zero attached hydrogens (tertiary/aromatic N) is 2. The van der Waals surface area contributed by atoms with Crippen LogP contribution in [0.15, 0.2) is 45.9 Å². The molecule has 2 aromatic rings. The summed E-state index contributed by atoms with van der Waals surface area (Å²) in [4.78, 5) is 29.6. The Morgan fingerprint density at radius 2 is 1.86 bits per heavy atom. The lowest BCUT2D eigenvalue weighted by Crippen LogP contribution is -2.35. The average Bonchev–Trinajstić information content (AvgIpc) is 3.67. The lowest BCUT2D eigenvalue weighted by molar-refractivity contribution is -0.120. The molecule has 2 amide bonds. The van der Waals surface area contributed by atoms with Gasteiger partial charge in [0.2, 0.25) is 15.9 Å². The van der Waals surface area contributed by atoms with E-state index in [1.54, 1.807) is 24.3 Å². The van der Waals surface area contributed by atoms with Crippen LogP contribution in [0, 0.1) is 0 Å². The van der Waals surface area contributed by atoms with Crippen molar-refractivity contribution in [1.82, 2.24) is 10.6 Å². The van der Waals surface area contributed by atoms with Crippen molar-refractivity contribution in [2.45, 2.75) is 38.5 Å². The third kappa shape index (κ3) is 7.07. The van der Waals surface area contributed by atoms with E-state index >= 15 is 0 Å². The quantitative estimate of drug-likeness (QED) is 0.278. The van der Waals surface area contributed by atoms with Crippen LogP contribution in [0.1, 0.15) is 49.7 Å². The number of nitrogens with one attached hydrogen (secondary N) is 2. The first-order valence-corrected chi connectivity index (χ1v) is 14.4. The van der Waals surface area contributed by atoms with Crippen molar-refractivity contribution in [2.24, 2.45) is 4.99 Å². The van der Waals surface area contributed by atoms with E-state index in [2.05, 4.69) is 31.6 Å². The molecule has 1 saturated carbocycles. The van der Waals surface area contributed by atoms with Gasteiger partial charge < -0.3 is 16.4 Å². The maximum absolute atomic E-state index is 12.8. The van der Waals surface area contributed by atoms with Gasteiger partial charge in [-0.2, -0.15) is 0 Å². The molecule has 9 nitrogen and oxygen atoms in total. The first kappa shape index (κ1) is 27.7. The van der Waals surface area contributed by atoms with Crippen molar-refractivity contribution >= 4 is 60.5 Å². The third-order valence-corrected chi connectivity index (χ3v) is 7.47. The fraction of sp³-hybridized carbons (Fsp3) is 0.400. The predicted octanol–water partition coefficient (Wildman–Crippen LogP) is 3.46. The molecule has 0 aliphatic heterocycles. The van der Waals surface area contributed by atoms with Crippen LogP contribution >= 0.6 is 15.9 Å². The van der Waals surface area contributed by atoms with Crippen LogP contribution in [-0.4, -0.2) is 52.3 Å². The van der Waals surface area contributed by atoms with Crippen LogP contribution < -0.4 is 20.7 Å². The number of sulfonamides is 1. The highest BCUT2D eigenvalue weighted by molar-refractivity contribution is 9.10. The second-order valence-corrected chi connectivity index (χ2v) is 11.5. The maximum atomic E-state index is 12.8. The number of halogens is 1. The Balaban J connectivity index is 2.07. The van der Waals surface area contributed by atoms with Gasteiger partial charge in [0.25, 0.3) is 5.91 Å². The van der Waals surface area contributed by atoms with Gasteiger partial charge in [0.15, 0.2) is 0 Å². The second-order valence-electron chi connectivity index (χ2n) is 8.72. The number of anilines is 2. The lowest BCUT2D eigenvalue weighted by atomic mass is 9.98. The van der Waals surface area contributed by atoms with Crippen LogP contribution in [-0.2, 0) is 19.6 Å². The summed E-state index contributed by atoms with van der Waals surface area (Å²) in [5.74, 6) is -0.491. The van der Waals surface area contributed by atoms with Gasteiger partial charge in [-0.25, -0.2) is 13.4 Å². The Kier molecular flexibility index (Phi) is 9.13. The monoisotopic (exact) mass is 577 g/mol. The molecular formula is C25H32BrN5O4S. The summed E-state index contributed by atoms with van der Waals surface area (Å²) in [7, 11) is -2.19. The van der Waals surface area contributed by atoms with Crippen molar-refractivity contribution in [3.63, 3.8) is 0 Å². The van der Waals surface area contributed by atoms with E-state index in [-0.39, 0.29) is 36.2 Å². The number of hydrogen-bond donors (Lipinski definition) is 3. The molecule has 0 unspecified atom stereocenters. The molecule has 3 rings (SSSR count). The van der Waals surface area contributed by atoms with Crippen molar-refractivity contribution in [1.29, 1.82) is 0 Å². The van der Waals surface area contributed by atoms with Crippen molar-refractivity contribution in [2.75, 3.05) is 36.4 Å². The molecule has 0 spiro atoms. The average molecular weight is 579 g/mol. The summed E-state index contributed by atoms with van der Waals surface area (Å²) in [6.45, 7) is 2.47. The summed E-state index contributed by atoms with van der Waals surface area (Å²) in [5, 5.41) is 5.39. The Hall–Kier alpha value is -2.92. The summed E-state index contributed by atoms with van der Waals surface area (Å²) in [6.07, 6.45) is 3.71. The number of benzene rings is 2. The van der Waals surface area contributed by atoms with Crippen molar-refractivity contribution in [3.05, 3.63) is 52.0 Å². The smallest absolute Gasteiger partial charge is 0.270 e. The Morgan fingerprint density at radius 1 is 1.19 bits per heavy atom. The van der Waals surface area contributed by atoms with E-state index in [4.69, 9.17) is 5.73 Å². The Bertz CT molecular complexity index is 1260. The molecule has 0 saturated heterocycles. The number of hydrogen-bond acceptors (Lipinski definition) is 6. The van der Waals surface area contributed by atoms with Crippen molar-refractivity contribution < 1.29 is 18.0 Å². The maximum Gasteiger partial charge on any atom is 0.270 e. The van der Waals surface area contributed by atoms with Gasteiger partial charge in [0.1, 0.15) is 5.71 Å². The summed E-state index contributed by atoms with van der Waals surface area (Å²) in [5.41, 5.74) is 8.98. The molecule has 0 aromatic heterocycles. The number of carbonyl (C=O) groups is 2. The zero-order valence-electron chi connectivity index (χ0n) is 20.7. The van der Waals surface area contributed by atoms with Gasteiger partial charge >= 0.3 is 0 Å². The van der Waals surface area contributed by atoms with Gasteiger partial charge in [0, 0.05) is 42.3 Å². The van der Waals surface area contributed by atoms with Crippen LogP contribution in [0.3, 0.4) is 0 Å². The zero-order chi connectivity index (χ0) is 26.5. The lowest BCUT2D eigenvalue weighted by Gasteiger charge is -2.26. The molecule has 1 aliphatic carbocycles. The summed E-state index contributed by atoms with van der Waals surface area (Å²) in [6, 6.07) is 10.5. The molecule has 36 heavy (non-hydrogen) atoms. The number of carbonyl (C=O) groups excluding carboxylic acids is 2. The first-order chi connectivity index (χ1) is 17.0. The first-order valence-electron chi connectivity index (χ1n) is 11.8. The third-order valence-electron chi connectivity index (χ3n) is 5.76.